The Morgan fingerprint density at radius 2 is 1.46 bits per heavy atom. The van der Waals surface area contributed by atoms with Crippen molar-refractivity contribution in [3.63, 3.8) is 0 Å². The van der Waals surface area contributed by atoms with E-state index in [1.807, 2.05) is 24.3 Å². The molecule has 184 valence electrons. The van der Waals surface area contributed by atoms with Crippen LogP contribution in [-0.2, 0) is 14.3 Å². The maximum Gasteiger partial charge on any atom is 0.407 e. The van der Waals surface area contributed by atoms with Crippen molar-refractivity contribution in [1.82, 2.24) is 10.6 Å². The topological polar surface area (TPSA) is 105 Å². The summed E-state index contributed by atoms with van der Waals surface area (Å²) in [7, 11) is 0. The number of hydrogen-bond donors (Lipinski definition) is 3. The molecule has 0 radical (unpaired) electrons. The number of benzene rings is 2. The molecule has 2 aromatic rings. The zero-order valence-corrected chi connectivity index (χ0v) is 19.7. The van der Waals surface area contributed by atoms with Crippen LogP contribution in [0.2, 0.25) is 0 Å². The van der Waals surface area contributed by atoms with Crippen LogP contribution in [0.1, 0.15) is 49.1 Å². The Labute approximate surface area is 205 Å². The third-order valence-electron chi connectivity index (χ3n) is 7.88. The van der Waals surface area contributed by atoms with Gasteiger partial charge in [-0.05, 0) is 53.4 Å². The SMILES string of the molecule is O=C(NC[C@H]1CCCC[C@H]1C(=O)NCC1CC1C(=O)O)OCC1c2ccccc2-c2ccccc21. The molecule has 2 aromatic carbocycles. The van der Waals surface area contributed by atoms with Gasteiger partial charge in [0.15, 0.2) is 0 Å². The number of carboxylic acid groups (broad SMARTS) is 1. The molecule has 3 N–H and O–H groups in total. The molecule has 0 spiro atoms. The zero-order chi connectivity index (χ0) is 24.4. The molecular formula is C28H32N2O5. The first-order valence-electron chi connectivity index (χ1n) is 12.6. The number of rotatable bonds is 8. The van der Waals surface area contributed by atoms with Crippen LogP contribution in [0.5, 0.6) is 0 Å². The van der Waals surface area contributed by atoms with Crippen LogP contribution in [0.4, 0.5) is 4.79 Å². The highest BCUT2D eigenvalue weighted by Gasteiger charge is 2.43. The zero-order valence-electron chi connectivity index (χ0n) is 19.7. The van der Waals surface area contributed by atoms with Gasteiger partial charge in [-0.15, -0.1) is 0 Å². The van der Waals surface area contributed by atoms with Crippen molar-refractivity contribution < 1.29 is 24.2 Å². The van der Waals surface area contributed by atoms with Crippen molar-refractivity contribution in [1.29, 1.82) is 0 Å². The van der Waals surface area contributed by atoms with E-state index >= 15 is 0 Å². The molecule has 4 atom stereocenters. The number of hydrogen-bond acceptors (Lipinski definition) is 4. The highest BCUT2D eigenvalue weighted by Crippen LogP contribution is 2.44. The Kier molecular flexibility index (Phi) is 6.75. The lowest BCUT2D eigenvalue weighted by Crippen LogP contribution is -2.42. The predicted octanol–water partition coefficient (Wildman–Crippen LogP) is 4.17. The fourth-order valence-electron chi connectivity index (χ4n) is 5.80. The molecule has 2 fully saturated rings. The fourth-order valence-corrected chi connectivity index (χ4v) is 5.80. The van der Waals surface area contributed by atoms with Gasteiger partial charge in [0.25, 0.3) is 0 Å². The number of carboxylic acids is 1. The van der Waals surface area contributed by atoms with Gasteiger partial charge in [0.2, 0.25) is 5.91 Å². The number of carbonyl (C=O) groups excluding carboxylic acids is 2. The van der Waals surface area contributed by atoms with E-state index in [2.05, 4.69) is 34.9 Å². The molecule has 35 heavy (non-hydrogen) atoms. The number of fused-ring (bicyclic) bond motifs is 3. The Hall–Kier alpha value is -3.35. The molecule has 2 amide bonds. The van der Waals surface area contributed by atoms with Gasteiger partial charge < -0.3 is 20.5 Å². The number of amides is 2. The molecule has 7 heteroatoms. The van der Waals surface area contributed by atoms with Crippen molar-refractivity contribution >= 4 is 18.0 Å². The van der Waals surface area contributed by atoms with E-state index in [1.165, 1.54) is 22.3 Å². The van der Waals surface area contributed by atoms with Gasteiger partial charge in [-0.25, -0.2) is 4.79 Å². The second-order valence-electron chi connectivity index (χ2n) is 10.0. The van der Waals surface area contributed by atoms with Crippen molar-refractivity contribution in [3.05, 3.63) is 59.7 Å². The van der Waals surface area contributed by atoms with Gasteiger partial charge in [-0.1, -0.05) is 61.4 Å². The van der Waals surface area contributed by atoms with Gasteiger partial charge >= 0.3 is 12.1 Å². The molecule has 0 saturated heterocycles. The van der Waals surface area contributed by atoms with E-state index in [4.69, 9.17) is 9.84 Å². The van der Waals surface area contributed by atoms with E-state index in [0.717, 1.165) is 25.7 Å². The van der Waals surface area contributed by atoms with E-state index in [-0.39, 0.29) is 42.1 Å². The van der Waals surface area contributed by atoms with Crippen molar-refractivity contribution in [2.24, 2.45) is 23.7 Å². The molecule has 0 heterocycles. The summed E-state index contributed by atoms with van der Waals surface area (Å²) in [5.74, 6) is -1.20. The second kappa shape index (κ2) is 10.1. The second-order valence-corrected chi connectivity index (χ2v) is 10.0. The van der Waals surface area contributed by atoms with E-state index in [0.29, 0.717) is 19.5 Å². The van der Waals surface area contributed by atoms with Gasteiger partial charge in [0, 0.05) is 24.9 Å². The third-order valence-corrected chi connectivity index (χ3v) is 7.88. The Morgan fingerprint density at radius 3 is 2.11 bits per heavy atom. The molecule has 3 aliphatic rings. The summed E-state index contributed by atoms with van der Waals surface area (Å²) >= 11 is 0. The first-order valence-corrected chi connectivity index (χ1v) is 12.6. The number of ether oxygens (including phenoxy) is 1. The highest BCUT2D eigenvalue weighted by atomic mass is 16.5. The van der Waals surface area contributed by atoms with Gasteiger partial charge in [-0.2, -0.15) is 0 Å². The Bertz CT molecular complexity index is 1070. The molecule has 2 unspecified atom stereocenters. The minimum atomic E-state index is -0.785. The normalized spacial score (nSPS) is 24.7. The lowest BCUT2D eigenvalue weighted by Gasteiger charge is -2.30. The monoisotopic (exact) mass is 476 g/mol. The lowest BCUT2D eigenvalue weighted by molar-refractivity contribution is -0.139. The molecule has 2 saturated carbocycles. The first kappa shape index (κ1) is 23.4. The maximum absolute atomic E-state index is 12.8. The summed E-state index contributed by atoms with van der Waals surface area (Å²) in [6.45, 7) is 1.08. The lowest BCUT2D eigenvalue weighted by atomic mass is 9.78. The number of nitrogens with one attached hydrogen (secondary N) is 2. The van der Waals surface area contributed by atoms with Crippen molar-refractivity contribution in [3.8, 4) is 11.1 Å². The minimum Gasteiger partial charge on any atom is -0.481 e. The molecule has 3 aliphatic carbocycles. The molecule has 5 rings (SSSR count). The Balaban J connectivity index is 1.12. The number of aliphatic carboxylic acids is 1. The summed E-state index contributed by atoms with van der Waals surface area (Å²) in [4.78, 5) is 36.4. The highest BCUT2D eigenvalue weighted by molar-refractivity contribution is 5.80. The van der Waals surface area contributed by atoms with Crippen LogP contribution >= 0.6 is 0 Å². The smallest absolute Gasteiger partial charge is 0.407 e. The van der Waals surface area contributed by atoms with Crippen LogP contribution in [0.15, 0.2) is 48.5 Å². The molecule has 0 aliphatic heterocycles. The van der Waals surface area contributed by atoms with E-state index in [1.54, 1.807) is 0 Å². The molecule has 0 aromatic heterocycles. The van der Waals surface area contributed by atoms with Crippen LogP contribution in [-0.4, -0.2) is 42.8 Å². The van der Waals surface area contributed by atoms with Gasteiger partial charge in [-0.3, -0.25) is 9.59 Å². The van der Waals surface area contributed by atoms with Gasteiger partial charge in [0.05, 0.1) is 5.92 Å². The average molecular weight is 477 g/mol. The van der Waals surface area contributed by atoms with Crippen LogP contribution in [0.25, 0.3) is 11.1 Å². The quantitative estimate of drug-likeness (QED) is 0.531. The molecule has 0 bridgehead atoms. The summed E-state index contributed by atoms with van der Waals surface area (Å²) in [6, 6.07) is 16.5. The fraction of sp³-hybridized carbons (Fsp3) is 0.464. The maximum atomic E-state index is 12.8. The summed E-state index contributed by atoms with van der Waals surface area (Å²) < 4.78 is 5.64. The largest absolute Gasteiger partial charge is 0.481 e. The minimum absolute atomic E-state index is 0.0124. The standard InChI is InChI=1S/C28H32N2O5/c31-26(29-15-18-13-24(18)27(32)33)19-8-2-1-7-17(19)14-30-28(34)35-16-25-22-11-5-3-9-20(22)21-10-4-6-12-23(21)25/h3-6,9-12,17-19,24-25H,1-2,7-8,13-16H2,(H,29,31)(H,30,34)(H,32,33)/t17-,18?,19-,24?/m1/s1. The first-order chi connectivity index (χ1) is 17.0. The van der Waals surface area contributed by atoms with E-state index in [9.17, 15) is 14.4 Å². The average Bonchev–Trinajstić information content (AvgIpc) is 3.60. The van der Waals surface area contributed by atoms with Crippen LogP contribution < -0.4 is 10.6 Å². The van der Waals surface area contributed by atoms with Gasteiger partial charge in [0.1, 0.15) is 6.61 Å². The number of alkyl carbamates (subject to hydrolysis) is 1. The van der Waals surface area contributed by atoms with E-state index < -0.39 is 12.1 Å². The Morgan fingerprint density at radius 1 is 0.829 bits per heavy atom. The van der Waals surface area contributed by atoms with Crippen LogP contribution in [0.3, 0.4) is 0 Å². The number of carbonyl (C=O) groups is 3. The third kappa shape index (κ3) is 5.04. The molecule has 7 nitrogen and oxygen atoms in total. The summed E-state index contributed by atoms with van der Waals surface area (Å²) in [6.07, 6.45) is 3.86. The summed E-state index contributed by atoms with van der Waals surface area (Å²) in [5.41, 5.74) is 4.72. The van der Waals surface area contributed by atoms with Crippen molar-refractivity contribution in [2.75, 3.05) is 19.7 Å². The molecular weight excluding hydrogens is 444 g/mol. The predicted molar refractivity (Wildman–Crippen MR) is 131 cm³/mol. The van der Waals surface area contributed by atoms with Crippen molar-refractivity contribution in [2.45, 2.75) is 38.0 Å². The van der Waals surface area contributed by atoms with Crippen LogP contribution in [0, 0.1) is 23.7 Å². The summed E-state index contributed by atoms with van der Waals surface area (Å²) in [5, 5.41) is 14.9.